The summed E-state index contributed by atoms with van der Waals surface area (Å²) in [6.07, 6.45) is 4.85. The molecule has 4 aliphatic carbocycles. The third kappa shape index (κ3) is 20.8. The zero-order chi connectivity index (χ0) is 74.4. The van der Waals surface area contributed by atoms with Crippen LogP contribution in [0.4, 0.5) is 13.2 Å². The number of carbonyl (C=O) groups excluding carboxylic acids is 12. The van der Waals surface area contributed by atoms with E-state index in [2.05, 4.69) is 22.9 Å². The number of hydrogen-bond acceptors (Lipinski definition) is 13. The van der Waals surface area contributed by atoms with Gasteiger partial charge in [-0.1, -0.05) is 98.3 Å². The van der Waals surface area contributed by atoms with Gasteiger partial charge in [-0.05, 0) is 113 Å². The molecule has 11 atom stereocenters. The number of hydrogen-bond donors (Lipinski definition) is 3. The Hall–Kier alpha value is -6.32. The lowest BCUT2D eigenvalue weighted by Gasteiger charge is -2.43. The van der Waals surface area contributed by atoms with Gasteiger partial charge < -0.3 is 64.8 Å². The number of alkyl halides is 4. The molecule has 3 unspecified atom stereocenters. The highest BCUT2D eigenvalue weighted by Gasteiger charge is 2.52. The maximum absolute atomic E-state index is 15.8. The van der Waals surface area contributed by atoms with Gasteiger partial charge >= 0.3 is 6.18 Å². The van der Waals surface area contributed by atoms with Crippen LogP contribution >= 0.6 is 11.6 Å². The fraction of sp³-hybridized carbons (Fsp3) is 0.833. The maximum Gasteiger partial charge on any atom is 0.393 e. The molecule has 3 N–H and O–H groups in total. The lowest BCUT2D eigenvalue weighted by atomic mass is 9.78. The summed E-state index contributed by atoms with van der Waals surface area (Å²) in [4.78, 5) is 191. The van der Waals surface area contributed by atoms with E-state index >= 15 is 28.8 Å². The molecular formula is C72H116ClF3N12O13. The first-order valence-corrected chi connectivity index (χ1v) is 37.8. The Morgan fingerprint density at radius 3 is 1.84 bits per heavy atom. The van der Waals surface area contributed by atoms with Gasteiger partial charge in [0.05, 0.1) is 45.2 Å². The average Bonchev–Trinajstić information content (AvgIpc) is 1.75. The standard InChI is InChI=1S/C72H116ClF3N12O13/c1-12-20-53-63(93)78-61(46(4)13-2)68(98)82(7)43-59(91)80(5)44-60(92)84(9)55(40-48-26-24-45(3)25-27-48)66(96)81(6)42-57(89)77-52(31-29-47-28-30-50(51(73)39-47)72(74,75)76)65(95)88-34-19-23-54(88)64(94)79-71(32-17-18-33-71)70(100)86(11)62(49-21-15-14-16-22-49)69(99)85(10)56(41-58(90)83(53)8)67(97)87-35-37-101-38-36-87/h45-56,61-62H,12-44H2,1-11H3,(H,77,89)(H,78,93)(H,79,94)/t45?,46-,47?,48?,50?,51?,52-,53-,54-,55-,56-,61-,62-/m0/s1. The lowest BCUT2D eigenvalue weighted by molar-refractivity contribution is -0.182. The van der Waals surface area contributed by atoms with Crippen LogP contribution in [-0.2, 0) is 62.3 Å². The zero-order valence-electron chi connectivity index (χ0n) is 61.8. The summed E-state index contributed by atoms with van der Waals surface area (Å²) in [5.41, 5.74) is -1.56. The van der Waals surface area contributed by atoms with Crippen LogP contribution in [0.15, 0.2) is 0 Å². The van der Waals surface area contributed by atoms with Crippen molar-refractivity contribution in [3.63, 3.8) is 0 Å². The quantitative estimate of drug-likeness (QED) is 0.221. The number of carbonyl (C=O) groups is 12. The molecule has 0 aromatic carbocycles. The summed E-state index contributed by atoms with van der Waals surface area (Å²) in [5.74, 6) is -10.1. The minimum Gasteiger partial charge on any atom is -0.378 e. The smallest absolute Gasteiger partial charge is 0.378 e. The van der Waals surface area contributed by atoms with Crippen LogP contribution < -0.4 is 16.0 Å². The summed E-state index contributed by atoms with van der Waals surface area (Å²) >= 11 is 6.41. The molecule has 0 aromatic heterocycles. The third-order valence-electron chi connectivity index (χ3n) is 23.4. The van der Waals surface area contributed by atoms with E-state index < -0.39 is 174 Å². The van der Waals surface area contributed by atoms with E-state index in [1.807, 2.05) is 13.8 Å². The van der Waals surface area contributed by atoms with Gasteiger partial charge in [-0.2, -0.15) is 13.2 Å². The second kappa shape index (κ2) is 36.9. The summed E-state index contributed by atoms with van der Waals surface area (Å²) in [5, 5.41) is 7.60. The highest BCUT2D eigenvalue weighted by Crippen LogP contribution is 2.44. The van der Waals surface area contributed by atoms with Crippen molar-refractivity contribution in [3.8, 4) is 0 Å². The molecule has 0 bridgehead atoms. The first kappa shape index (κ1) is 82.0. The van der Waals surface area contributed by atoms with E-state index in [9.17, 15) is 41.9 Å². The molecule has 101 heavy (non-hydrogen) atoms. The molecule has 29 heteroatoms. The highest BCUT2D eigenvalue weighted by molar-refractivity contribution is 6.21. The van der Waals surface area contributed by atoms with E-state index in [1.54, 1.807) is 6.92 Å². The number of likely N-dealkylation sites (N-methyl/N-ethyl adjacent to an activating group) is 7. The average molecular weight is 1450 g/mol. The van der Waals surface area contributed by atoms with Crippen LogP contribution in [0.2, 0.25) is 0 Å². The van der Waals surface area contributed by atoms with Crippen molar-refractivity contribution in [1.29, 1.82) is 0 Å². The summed E-state index contributed by atoms with van der Waals surface area (Å²) in [7, 11) is 10.0. The van der Waals surface area contributed by atoms with Crippen LogP contribution in [-0.4, -0.2) is 276 Å². The largest absolute Gasteiger partial charge is 0.393 e. The van der Waals surface area contributed by atoms with E-state index in [4.69, 9.17) is 16.3 Å². The normalized spacial score (nSPS) is 31.2. The predicted molar refractivity (Wildman–Crippen MR) is 372 cm³/mol. The van der Waals surface area contributed by atoms with Crippen LogP contribution in [0.25, 0.3) is 0 Å². The van der Waals surface area contributed by atoms with Gasteiger partial charge in [-0.15, -0.1) is 11.6 Å². The Balaban J connectivity index is 1.27. The number of nitrogens with zero attached hydrogens (tertiary/aromatic N) is 9. The second-order valence-electron chi connectivity index (χ2n) is 30.6. The van der Waals surface area contributed by atoms with Gasteiger partial charge in [0, 0.05) is 74.3 Å². The lowest BCUT2D eigenvalue weighted by Crippen LogP contribution is -2.65. The molecule has 3 aliphatic heterocycles. The Morgan fingerprint density at radius 1 is 0.614 bits per heavy atom. The Labute approximate surface area is 600 Å². The molecule has 7 fully saturated rings. The Bertz CT molecular complexity index is 2920. The predicted octanol–water partition coefficient (Wildman–Crippen LogP) is 5.33. The fourth-order valence-corrected chi connectivity index (χ4v) is 17.0. The molecule has 7 aliphatic rings. The number of morpholine rings is 1. The summed E-state index contributed by atoms with van der Waals surface area (Å²) < 4.78 is 47.7. The molecular weight excluding hydrogens is 1330 g/mol. The minimum atomic E-state index is -4.51. The Morgan fingerprint density at radius 2 is 1.23 bits per heavy atom. The van der Waals surface area contributed by atoms with E-state index in [0.29, 0.717) is 50.9 Å². The van der Waals surface area contributed by atoms with Crippen molar-refractivity contribution >= 4 is 82.5 Å². The molecule has 3 heterocycles. The van der Waals surface area contributed by atoms with Crippen molar-refractivity contribution < 1.29 is 75.4 Å². The molecule has 1 spiro atoms. The topological polar surface area (TPSA) is 279 Å². The summed E-state index contributed by atoms with van der Waals surface area (Å²) in [6.45, 7) is 6.72. The zero-order valence-corrected chi connectivity index (χ0v) is 62.5. The Kier molecular flexibility index (Phi) is 29.9. The molecule has 570 valence electrons. The van der Waals surface area contributed by atoms with E-state index in [-0.39, 0.29) is 109 Å². The van der Waals surface area contributed by atoms with Crippen LogP contribution in [0.1, 0.15) is 188 Å². The van der Waals surface area contributed by atoms with Gasteiger partial charge in [0.2, 0.25) is 70.9 Å². The molecule has 3 saturated heterocycles. The van der Waals surface area contributed by atoms with Crippen LogP contribution in [0.3, 0.4) is 0 Å². The molecule has 0 aromatic rings. The molecule has 4 saturated carbocycles. The highest BCUT2D eigenvalue weighted by atomic mass is 35.5. The van der Waals surface area contributed by atoms with Crippen LogP contribution in [0, 0.1) is 35.5 Å². The third-order valence-corrected chi connectivity index (χ3v) is 23.9. The van der Waals surface area contributed by atoms with Gasteiger partial charge in [-0.3, -0.25) is 57.5 Å². The van der Waals surface area contributed by atoms with Crippen molar-refractivity contribution in [2.45, 2.75) is 248 Å². The first-order chi connectivity index (χ1) is 47.7. The number of nitrogens with one attached hydrogen (secondary N) is 3. The second-order valence-corrected chi connectivity index (χ2v) is 31.1. The first-order valence-electron chi connectivity index (χ1n) is 37.3. The SMILES string of the molecule is CCC[C@H]1C(=O)N[C@@H]([C@@H](C)CC)C(=O)N(C)CC(=O)N(C)CC(=O)N(C)[C@@H](CC2CCC(C)CC2)C(=O)N(C)CC(=O)N[C@@H](CCC2CCC(C(F)(F)F)C(Cl)C2)C(=O)N2CCC[C@H]2C(=O)NC2(CCCC2)C(=O)N(C)[C@@H](C2CCCCC2)C(=O)N(C)[C@H](C(=O)N2CCOCC2)CC(=O)N1C. The summed E-state index contributed by atoms with van der Waals surface area (Å²) in [6, 6.07) is -8.61. The maximum atomic E-state index is 15.8. The number of halogens is 4. The fourth-order valence-electron chi connectivity index (χ4n) is 16.5. The minimum absolute atomic E-state index is 0.00154. The molecule has 0 radical (unpaired) electrons. The number of fused-ring (bicyclic) bond motifs is 1. The molecule has 7 rings (SSSR count). The van der Waals surface area contributed by atoms with E-state index in [1.165, 1.54) is 78.7 Å². The van der Waals surface area contributed by atoms with E-state index in [0.717, 1.165) is 59.6 Å². The van der Waals surface area contributed by atoms with Crippen LogP contribution in [0.5, 0.6) is 0 Å². The van der Waals surface area contributed by atoms with Gasteiger partial charge in [0.15, 0.2) is 0 Å². The van der Waals surface area contributed by atoms with Gasteiger partial charge in [0.25, 0.3) is 0 Å². The van der Waals surface area contributed by atoms with Crippen molar-refractivity contribution in [1.82, 2.24) is 60.0 Å². The molecule has 25 nitrogen and oxygen atoms in total. The molecule has 12 amide bonds. The van der Waals surface area contributed by atoms with Gasteiger partial charge in [0.1, 0.15) is 47.8 Å². The van der Waals surface area contributed by atoms with Crippen molar-refractivity contribution in [2.75, 3.05) is 102 Å². The van der Waals surface area contributed by atoms with Crippen molar-refractivity contribution in [2.24, 2.45) is 35.5 Å². The number of rotatable bonds is 11. The number of amides is 12. The van der Waals surface area contributed by atoms with Crippen molar-refractivity contribution in [3.05, 3.63) is 0 Å². The number of ether oxygens (including phenoxy) is 1. The monoisotopic (exact) mass is 1450 g/mol. The van der Waals surface area contributed by atoms with Gasteiger partial charge in [-0.25, -0.2) is 0 Å².